The molecule has 136 valence electrons. The number of piperidine rings is 1. The highest BCUT2D eigenvalue weighted by Crippen LogP contribution is 2.20. The van der Waals surface area contributed by atoms with E-state index in [1.807, 2.05) is 0 Å². The summed E-state index contributed by atoms with van der Waals surface area (Å²) < 4.78 is 5.14. The lowest BCUT2D eigenvalue weighted by Gasteiger charge is -2.33. The average molecular weight is 335 g/mol. The summed E-state index contributed by atoms with van der Waals surface area (Å²) in [6, 6.07) is 0. The Hall–Kier alpha value is -1.09. The Morgan fingerprint density at radius 2 is 1.83 bits per heavy atom. The molecule has 1 amide bonds. The zero-order valence-corrected chi connectivity index (χ0v) is 15.4. The minimum atomic E-state index is 0.218. The number of hydrogen-bond acceptors (Lipinski definition) is 4. The first-order valence-corrected chi connectivity index (χ1v) is 9.42. The van der Waals surface area contributed by atoms with Crippen molar-refractivity contribution in [1.82, 2.24) is 14.7 Å². The molecule has 0 aromatic heterocycles. The zero-order chi connectivity index (χ0) is 17.2. The lowest BCUT2D eigenvalue weighted by Crippen LogP contribution is -2.44. The van der Waals surface area contributed by atoms with Crippen LogP contribution in [0.4, 0.5) is 0 Å². The first kappa shape index (κ1) is 19.2. The van der Waals surface area contributed by atoms with Crippen LogP contribution >= 0.6 is 0 Å². The van der Waals surface area contributed by atoms with Crippen molar-refractivity contribution < 1.29 is 9.53 Å². The Bertz CT molecular complexity index is 436. The average Bonchev–Trinajstić information content (AvgIpc) is 2.86. The summed E-state index contributed by atoms with van der Waals surface area (Å²) in [5, 5.41) is 0. The van der Waals surface area contributed by atoms with Gasteiger partial charge in [-0.25, -0.2) is 0 Å². The molecule has 5 heteroatoms. The van der Waals surface area contributed by atoms with Gasteiger partial charge in [0, 0.05) is 52.2 Å². The highest BCUT2D eigenvalue weighted by Gasteiger charge is 2.29. The van der Waals surface area contributed by atoms with Crippen molar-refractivity contribution in [2.45, 2.75) is 32.6 Å². The van der Waals surface area contributed by atoms with E-state index >= 15 is 0 Å². The van der Waals surface area contributed by atoms with Gasteiger partial charge < -0.3 is 14.5 Å². The van der Waals surface area contributed by atoms with Gasteiger partial charge in [-0.05, 0) is 32.4 Å². The molecule has 0 spiro atoms. The quantitative estimate of drug-likeness (QED) is 0.710. The molecule has 0 atom stereocenters. The predicted octanol–water partition coefficient (Wildman–Crippen LogP) is 1.29. The van der Waals surface area contributed by atoms with Gasteiger partial charge in [0.15, 0.2) is 0 Å². The van der Waals surface area contributed by atoms with Crippen molar-refractivity contribution >= 4 is 5.91 Å². The Morgan fingerprint density at radius 3 is 2.54 bits per heavy atom. The monoisotopic (exact) mass is 335 g/mol. The lowest BCUT2D eigenvalue weighted by molar-refractivity contribution is -0.137. The van der Waals surface area contributed by atoms with Gasteiger partial charge in [0.25, 0.3) is 0 Å². The SMILES string of the molecule is CCC#CCN1CCCN(C(=O)C2CCN(CCOC)CC2)CC1. The highest BCUT2D eigenvalue weighted by molar-refractivity contribution is 5.79. The van der Waals surface area contributed by atoms with Crippen LogP contribution in [0.3, 0.4) is 0 Å². The van der Waals surface area contributed by atoms with Crippen LogP contribution in [0.1, 0.15) is 32.6 Å². The fourth-order valence-electron chi connectivity index (χ4n) is 3.52. The number of rotatable bonds is 5. The molecule has 0 radical (unpaired) electrons. The van der Waals surface area contributed by atoms with E-state index in [4.69, 9.17) is 4.74 Å². The van der Waals surface area contributed by atoms with Gasteiger partial charge in [-0.1, -0.05) is 12.8 Å². The van der Waals surface area contributed by atoms with Gasteiger partial charge >= 0.3 is 0 Å². The third kappa shape index (κ3) is 6.08. The van der Waals surface area contributed by atoms with Gasteiger partial charge in [0.05, 0.1) is 13.2 Å². The molecular formula is C19H33N3O2. The summed E-state index contributed by atoms with van der Waals surface area (Å²) in [5.41, 5.74) is 0. The topological polar surface area (TPSA) is 36.0 Å². The van der Waals surface area contributed by atoms with E-state index in [-0.39, 0.29) is 5.92 Å². The van der Waals surface area contributed by atoms with Crippen molar-refractivity contribution in [3.63, 3.8) is 0 Å². The minimum absolute atomic E-state index is 0.218. The first-order chi connectivity index (χ1) is 11.7. The number of likely N-dealkylation sites (tertiary alicyclic amines) is 1. The molecule has 0 N–H and O–H groups in total. The van der Waals surface area contributed by atoms with E-state index in [1.165, 1.54) is 0 Å². The summed E-state index contributed by atoms with van der Waals surface area (Å²) in [5.74, 6) is 6.95. The zero-order valence-electron chi connectivity index (χ0n) is 15.4. The number of amides is 1. The van der Waals surface area contributed by atoms with Crippen LogP contribution in [-0.2, 0) is 9.53 Å². The number of nitrogens with zero attached hydrogens (tertiary/aromatic N) is 3. The third-order valence-electron chi connectivity index (χ3n) is 5.05. The molecule has 0 aromatic rings. The van der Waals surface area contributed by atoms with Gasteiger partial charge in [-0.2, -0.15) is 0 Å². The van der Waals surface area contributed by atoms with Crippen LogP contribution < -0.4 is 0 Å². The van der Waals surface area contributed by atoms with Gasteiger partial charge in [0.2, 0.25) is 5.91 Å². The summed E-state index contributed by atoms with van der Waals surface area (Å²) in [4.78, 5) is 19.7. The molecule has 24 heavy (non-hydrogen) atoms. The number of methoxy groups -OCH3 is 1. The molecule has 0 unspecified atom stereocenters. The fraction of sp³-hybridized carbons (Fsp3) is 0.842. The lowest BCUT2D eigenvalue weighted by atomic mass is 9.95. The smallest absolute Gasteiger partial charge is 0.225 e. The van der Waals surface area contributed by atoms with Crippen molar-refractivity contribution in [1.29, 1.82) is 0 Å². The Morgan fingerprint density at radius 1 is 1.04 bits per heavy atom. The molecule has 2 aliphatic rings. The van der Waals surface area contributed by atoms with E-state index in [9.17, 15) is 4.79 Å². The second-order valence-corrected chi connectivity index (χ2v) is 6.77. The molecule has 2 rings (SSSR count). The maximum atomic E-state index is 12.8. The van der Waals surface area contributed by atoms with Crippen LogP contribution in [0.5, 0.6) is 0 Å². The van der Waals surface area contributed by atoms with Gasteiger partial charge in [-0.3, -0.25) is 9.69 Å². The van der Waals surface area contributed by atoms with Crippen molar-refractivity contribution in [3.05, 3.63) is 0 Å². The van der Waals surface area contributed by atoms with Crippen LogP contribution in [0.2, 0.25) is 0 Å². The molecule has 2 fully saturated rings. The maximum Gasteiger partial charge on any atom is 0.225 e. The Labute approximate surface area is 147 Å². The Kier molecular flexibility index (Phi) is 8.58. The molecule has 2 aliphatic heterocycles. The first-order valence-electron chi connectivity index (χ1n) is 9.42. The molecular weight excluding hydrogens is 302 g/mol. The van der Waals surface area contributed by atoms with Crippen LogP contribution in [-0.4, -0.2) is 86.7 Å². The molecule has 5 nitrogen and oxygen atoms in total. The molecule has 0 aliphatic carbocycles. The van der Waals surface area contributed by atoms with Gasteiger partial charge in [-0.15, -0.1) is 5.92 Å². The normalized spacial score (nSPS) is 21.2. The summed E-state index contributed by atoms with van der Waals surface area (Å²) in [6.45, 7) is 10.5. The third-order valence-corrected chi connectivity index (χ3v) is 5.05. The minimum Gasteiger partial charge on any atom is -0.383 e. The summed E-state index contributed by atoms with van der Waals surface area (Å²) in [6.07, 6.45) is 3.96. The molecule has 2 heterocycles. The predicted molar refractivity (Wildman–Crippen MR) is 96.7 cm³/mol. The van der Waals surface area contributed by atoms with E-state index < -0.39 is 0 Å². The maximum absolute atomic E-state index is 12.8. The van der Waals surface area contributed by atoms with Crippen molar-refractivity contribution in [3.8, 4) is 11.8 Å². The number of hydrogen-bond donors (Lipinski definition) is 0. The summed E-state index contributed by atoms with van der Waals surface area (Å²) >= 11 is 0. The number of ether oxygens (including phenoxy) is 1. The number of carbonyl (C=O) groups excluding carboxylic acids is 1. The largest absolute Gasteiger partial charge is 0.383 e. The van der Waals surface area contributed by atoms with Gasteiger partial charge in [0.1, 0.15) is 0 Å². The molecule has 0 bridgehead atoms. The van der Waals surface area contributed by atoms with Crippen LogP contribution in [0.25, 0.3) is 0 Å². The van der Waals surface area contributed by atoms with E-state index in [0.29, 0.717) is 5.91 Å². The summed E-state index contributed by atoms with van der Waals surface area (Å²) in [7, 11) is 1.74. The fourth-order valence-corrected chi connectivity index (χ4v) is 3.52. The molecule has 0 saturated carbocycles. The standard InChI is InChI=1S/C19H33N3O2/c1-3-4-5-9-20-10-6-11-22(15-14-20)19(23)18-7-12-21(13-8-18)16-17-24-2/h18H,3,6-17H2,1-2H3. The van der Waals surface area contributed by atoms with Crippen molar-refractivity contribution in [2.24, 2.45) is 5.92 Å². The van der Waals surface area contributed by atoms with Crippen molar-refractivity contribution in [2.75, 3.05) is 66.1 Å². The van der Waals surface area contributed by atoms with Crippen LogP contribution in [0.15, 0.2) is 0 Å². The number of carbonyl (C=O) groups is 1. The Balaban J connectivity index is 1.75. The molecule has 0 aromatic carbocycles. The van der Waals surface area contributed by atoms with E-state index in [1.54, 1.807) is 7.11 Å². The highest BCUT2D eigenvalue weighted by atomic mass is 16.5. The second-order valence-electron chi connectivity index (χ2n) is 6.77. The second kappa shape index (κ2) is 10.7. The van der Waals surface area contributed by atoms with E-state index in [2.05, 4.69) is 33.5 Å². The van der Waals surface area contributed by atoms with E-state index in [0.717, 1.165) is 84.6 Å². The van der Waals surface area contributed by atoms with Crippen LogP contribution in [0, 0.1) is 17.8 Å². The molecule has 2 saturated heterocycles.